The Morgan fingerprint density at radius 1 is 1.23 bits per heavy atom. The first kappa shape index (κ1) is 23.0. The third kappa shape index (κ3) is 7.50. The van der Waals surface area contributed by atoms with E-state index < -0.39 is 0 Å². The molecule has 0 unspecified atom stereocenters. The maximum atomic E-state index is 12.3. The van der Waals surface area contributed by atoms with Crippen molar-refractivity contribution in [3.63, 3.8) is 0 Å². The molecule has 162 valence electrons. The molecular weight excluding hydrogens is 460 g/mol. The lowest BCUT2D eigenvalue weighted by atomic mass is 10.2. The third-order valence-corrected chi connectivity index (χ3v) is 5.79. The summed E-state index contributed by atoms with van der Waals surface area (Å²) in [5.41, 5.74) is 1.52. The number of hydrogen-bond acceptors (Lipinski definition) is 8. The zero-order valence-corrected chi connectivity index (χ0v) is 18.9. The van der Waals surface area contributed by atoms with E-state index in [9.17, 15) is 14.4 Å². The van der Waals surface area contributed by atoms with Crippen LogP contribution in [0, 0.1) is 0 Å². The summed E-state index contributed by atoms with van der Waals surface area (Å²) >= 11 is 8.54. The molecule has 0 spiro atoms. The third-order valence-electron chi connectivity index (χ3n) is 3.81. The van der Waals surface area contributed by atoms with E-state index in [2.05, 4.69) is 20.3 Å². The number of amides is 1. The van der Waals surface area contributed by atoms with Gasteiger partial charge in [-0.15, -0.1) is 11.3 Å². The summed E-state index contributed by atoms with van der Waals surface area (Å²) in [6.45, 7) is 2.03. The second-order valence-corrected chi connectivity index (χ2v) is 8.57. The van der Waals surface area contributed by atoms with Crippen LogP contribution in [-0.2, 0) is 32.9 Å². The number of rotatable bonds is 9. The average molecular weight is 479 g/mol. The van der Waals surface area contributed by atoms with E-state index in [0.717, 1.165) is 5.56 Å². The number of ether oxygens (including phenoxy) is 1. The fraction of sp³-hybridized carbons (Fsp3) is 0.250. The number of H-pyrrole nitrogens is 1. The Balaban J connectivity index is 1.58. The van der Waals surface area contributed by atoms with E-state index in [1.54, 1.807) is 18.4 Å². The normalized spacial score (nSPS) is 10.6. The van der Waals surface area contributed by atoms with Crippen molar-refractivity contribution in [2.75, 3.05) is 11.9 Å². The Labute approximate surface area is 191 Å². The van der Waals surface area contributed by atoms with Crippen LogP contribution >= 0.6 is 34.7 Å². The van der Waals surface area contributed by atoms with Crippen molar-refractivity contribution in [2.24, 2.45) is 0 Å². The van der Waals surface area contributed by atoms with Crippen molar-refractivity contribution >= 4 is 51.7 Å². The van der Waals surface area contributed by atoms with Gasteiger partial charge in [0.05, 0.1) is 30.8 Å². The predicted molar refractivity (Wildman–Crippen MR) is 121 cm³/mol. The van der Waals surface area contributed by atoms with Crippen molar-refractivity contribution in [1.82, 2.24) is 15.0 Å². The van der Waals surface area contributed by atoms with Crippen LogP contribution in [0.2, 0.25) is 5.02 Å². The van der Waals surface area contributed by atoms with Crippen LogP contribution in [0.4, 0.5) is 5.13 Å². The van der Waals surface area contributed by atoms with Crippen molar-refractivity contribution < 1.29 is 14.3 Å². The van der Waals surface area contributed by atoms with Gasteiger partial charge in [0.1, 0.15) is 0 Å². The van der Waals surface area contributed by atoms with Gasteiger partial charge in [-0.05, 0) is 24.6 Å². The molecule has 2 aromatic heterocycles. The van der Waals surface area contributed by atoms with Crippen LogP contribution in [0.3, 0.4) is 0 Å². The second-order valence-electron chi connectivity index (χ2n) is 6.31. The predicted octanol–water partition coefficient (Wildman–Crippen LogP) is 3.46. The Bertz CT molecular complexity index is 1130. The average Bonchev–Trinajstić information content (AvgIpc) is 3.12. The number of nitrogens with one attached hydrogen (secondary N) is 2. The minimum absolute atomic E-state index is 0.0447. The minimum atomic E-state index is -0.374. The summed E-state index contributed by atoms with van der Waals surface area (Å²) in [4.78, 5) is 47.0. The first-order chi connectivity index (χ1) is 14.9. The van der Waals surface area contributed by atoms with Gasteiger partial charge >= 0.3 is 5.97 Å². The molecule has 0 saturated heterocycles. The number of hydrogen-bond donors (Lipinski definition) is 2. The molecule has 0 atom stereocenters. The number of esters is 1. The molecule has 0 radical (unpaired) electrons. The van der Waals surface area contributed by atoms with E-state index in [1.807, 2.05) is 18.2 Å². The van der Waals surface area contributed by atoms with Crippen LogP contribution < -0.4 is 10.9 Å². The highest BCUT2D eigenvalue weighted by molar-refractivity contribution is 7.98. The van der Waals surface area contributed by atoms with Crippen LogP contribution in [0.15, 0.2) is 45.7 Å². The molecule has 1 aromatic carbocycles. The highest BCUT2D eigenvalue weighted by atomic mass is 35.5. The summed E-state index contributed by atoms with van der Waals surface area (Å²) in [5.74, 6) is -0.163. The van der Waals surface area contributed by atoms with Crippen LogP contribution in [0.5, 0.6) is 0 Å². The van der Waals surface area contributed by atoms with Crippen LogP contribution in [0.25, 0.3) is 0 Å². The lowest BCUT2D eigenvalue weighted by Crippen LogP contribution is -2.18. The van der Waals surface area contributed by atoms with Crippen LogP contribution in [0.1, 0.15) is 23.9 Å². The molecule has 2 heterocycles. The van der Waals surface area contributed by atoms with Crippen molar-refractivity contribution in [3.8, 4) is 0 Å². The van der Waals surface area contributed by atoms with Gasteiger partial charge in [0, 0.05) is 22.2 Å². The molecular formula is C20H19ClN4O4S2. The second kappa shape index (κ2) is 11.1. The number of thioether (sulfide) groups is 1. The van der Waals surface area contributed by atoms with Crippen molar-refractivity contribution in [3.05, 3.63) is 68.0 Å². The molecule has 0 bridgehead atoms. The molecule has 8 nitrogen and oxygen atoms in total. The molecule has 0 aliphatic heterocycles. The molecule has 0 aliphatic carbocycles. The number of thiazole rings is 1. The van der Waals surface area contributed by atoms with E-state index in [1.165, 1.54) is 29.2 Å². The number of benzene rings is 1. The Morgan fingerprint density at radius 3 is 2.84 bits per heavy atom. The molecule has 0 saturated carbocycles. The molecule has 11 heteroatoms. The molecule has 0 fully saturated rings. The fourth-order valence-electron chi connectivity index (χ4n) is 2.55. The number of anilines is 1. The number of aromatic nitrogens is 3. The number of carbonyl (C=O) groups excluding carboxylic acids is 2. The maximum absolute atomic E-state index is 12.3. The topological polar surface area (TPSA) is 114 Å². The van der Waals surface area contributed by atoms with Crippen LogP contribution in [-0.4, -0.2) is 33.4 Å². The zero-order valence-electron chi connectivity index (χ0n) is 16.5. The van der Waals surface area contributed by atoms with Crippen molar-refractivity contribution in [2.45, 2.75) is 30.7 Å². The van der Waals surface area contributed by atoms with Gasteiger partial charge in [0.25, 0.3) is 5.56 Å². The van der Waals surface area contributed by atoms with Gasteiger partial charge in [0.15, 0.2) is 10.3 Å². The van der Waals surface area contributed by atoms with Gasteiger partial charge in [-0.3, -0.25) is 14.4 Å². The monoisotopic (exact) mass is 478 g/mol. The molecule has 31 heavy (non-hydrogen) atoms. The van der Waals surface area contributed by atoms with Crippen molar-refractivity contribution in [1.29, 1.82) is 0 Å². The molecule has 2 N–H and O–H groups in total. The van der Waals surface area contributed by atoms with Gasteiger partial charge in [-0.25, -0.2) is 9.97 Å². The minimum Gasteiger partial charge on any atom is -0.466 e. The number of halogens is 1. The lowest BCUT2D eigenvalue weighted by Gasteiger charge is -2.05. The standard InChI is InChI=1S/C20H19ClN4O4S2/c1-2-29-18(28)9-15-11-31-20(23-15)25-17(27)8-14-7-16(26)24-19(22-14)30-10-12-4-3-5-13(21)6-12/h3-7,11H,2,8-10H2,1H3,(H,22,24,26)(H,23,25,27). The highest BCUT2D eigenvalue weighted by Gasteiger charge is 2.12. The largest absolute Gasteiger partial charge is 0.466 e. The first-order valence-corrected chi connectivity index (χ1v) is 11.5. The number of nitrogens with zero attached hydrogens (tertiary/aromatic N) is 2. The van der Waals surface area contributed by atoms with E-state index >= 15 is 0 Å². The van der Waals surface area contributed by atoms with Gasteiger partial charge in [0.2, 0.25) is 5.91 Å². The molecule has 0 aliphatic rings. The summed E-state index contributed by atoms with van der Waals surface area (Å²) in [6, 6.07) is 8.70. The summed E-state index contributed by atoms with van der Waals surface area (Å²) in [5, 5.41) is 5.76. The Morgan fingerprint density at radius 2 is 2.06 bits per heavy atom. The van der Waals surface area contributed by atoms with E-state index in [-0.39, 0.29) is 30.3 Å². The first-order valence-electron chi connectivity index (χ1n) is 9.28. The van der Waals surface area contributed by atoms with Gasteiger partial charge in [-0.1, -0.05) is 35.5 Å². The van der Waals surface area contributed by atoms with Gasteiger partial charge < -0.3 is 15.0 Å². The Hall–Kier alpha value is -2.69. The fourth-order valence-corrected chi connectivity index (χ4v) is 4.33. The summed E-state index contributed by atoms with van der Waals surface area (Å²) in [6.07, 6.45) is -0.0372. The number of carbonyl (C=O) groups is 2. The molecule has 3 rings (SSSR count). The summed E-state index contributed by atoms with van der Waals surface area (Å²) in [7, 11) is 0. The molecule has 1 amide bonds. The Kier molecular flexibility index (Phi) is 8.21. The number of aromatic amines is 1. The lowest BCUT2D eigenvalue weighted by molar-refractivity contribution is -0.142. The smallest absolute Gasteiger partial charge is 0.311 e. The zero-order chi connectivity index (χ0) is 22.2. The molecule has 3 aromatic rings. The SMILES string of the molecule is CCOC(=O)Cc1csc(NC(=O)Cc2cc(=O)[nH]c(SCc3cccc(Cl)c3)n2)n1. The van der Waals surface area contributed by atoms with Gasteiger partial charge in [-0.2, -0.15) is 0 Å². The quantitative estimate of drug-likeness (QED) is 0.275. The van der Waals surface area contributed by atoms with E-state index in [0.29, 0.717) is 39.1 Å². The maximum Gasteiger partial charge on any atom is 0.311 e. The highest BCUT2D eigenvalue weighted by Crippen LogP contribution is 2.21. The van der Waals surface area contributed by atoms with E-state index in [4.69, 9.17) is 16.3 Å². The summed E-state index contributed by atoms with van der Waals surface area (Å²) < 4.78 is 4.88.